The molecule has 88 valence electrons. The molecule has 0 spiro atoms. The molecule has 3 heterocycles. The van der Waals surface area contributed by atoms with Gasteiger partial charge in [0.25, 0.3) is 0 Å². The van der Waals surface area contributed by atoms with E-state index in [1.165, 1.54) is 0 Å². The Hall–Kier alpha value is -1.88. The Bertz CT molecular complexity index is 501. The summed E-state index contributed by atoms with van der Waals surface area (Å²) < 4.78 is 5.51. The fraction of sp³-hybridized carbons (Fsp3) is 0.333. The minimum atomic E-state index is 0.451. The third kappa shape index (κ3) is 2.14. The minimum absolute atomic E-state index is 0.451. The number of anilines is 1. The molecule has 1 aliphatic heterocycles. The van der Waals surface area contributed by atoms with Crippen molar-refractivity contribution >= 4 is 5.95 Å². The Labute approximate surface area is 99.3 Å². The summed E-state index contributed by atoms with van der Waals surface area (Å²) in [4.78, 5) is 8.55. The number of aryl methyl sites for hydroxylation is 1. The van der Waals surface area contributed by atoms with Crippen LogP contribution in [0.1, 0.15) is 5.76 Å². The van der Waals surface area contributed by atoms with Gasteiger partial charge in [0.15, 0.2) is 0 Å². The van der Waals surface area contributed by atoms with E-state index in [1.54, 1.807) is 12.4 Å². The summed E-state index contributed by atoms with van der Waals surface area (Å²) in [5, 5.41) is 6.44. The number of aromatic nitrogens is 2. The Morgan fingerprint density at radius 2 is 2.06 bits per heavy atom. The lowest BCUT2D eigenvalue weighted by molar-refractivity contribution is 0.469. The van der Waals surface area contributed by atoms with Crippen molar-refractivity contribution < 1.29 is 4.42 Å². The number of rotatable bonds is 3. The van der Waals surface area contributed by atoms with Crippen molar-refractivity contribution in [1.82, 2.24) is 15.3 Å². The maximum atomic E-state index is 5.51. The molecule has 1 saturated heterocycles. The highest BCUT2D eigenvalue weighted by molar-refractivity contribution is 5.55. The lowest BCUT2D eigenvalue weighted by Gasteiger charge is -2.27. The van der Waals surface area contributed by atoms with E-state index < -0.39 is 0 Å². The second-order valence-electron chi connectivity index (χ2n) is 4.21. The van der Waals surface area contributed by atoms with E-state index in [9.17, 15) is 0 Å². The number of hydrogen-bond donors (Lipinski definition) is 2. The highest BCUT2D eigenvalue weighted by atomic mass is 16.3. The molecular weight excluding hydrogens is 216 g/mol. The summed E-state index contributed by atoms with van der Waals surface area (Å²) in [6, 6.07) is 4.31. The van der Waals surface area contributed by atoms with Crippen LogP contribution in [0.15, 0.2) is 28.9 Å². The number of nitrogens with one attached hydrogen (secondary N) is 2. The monoisotopic (exact) mass is 230 g/mol. The highest BCUT2D eigenvalue weighted by Gasteiger charge is 2.16. The predicted octanol–water partition coefficient (Wildman–Crippen LogP) is 1.43. The summed E-state index contributed by atoms with van der Waals surface area (Å²) in [6.45, 7) is 3.87. The molecule has 0 aromatic carbocycles. The van der Waals surface area contributed by atoms with Gasteiger partial charge in [-0.15, -0.1) is 0 Å². The first-order valence-corrected chi connectivity index (χ1v) is 5.67. The quantitative estimate of drug-likeness (QED) is 0.835. The Balaban J connectivity index is 1.75. The number of nitrogens with zero attached hydrogens (tertiary/aromatic N) is 2. The van der Waals surface area contributed by atoms with E-state index >= 15 is 0 Å². The predicted molar refractivity (Wildman–Crippen MR) is 64.8 cm³/mol. The van der Waals surface area contributed by atoms with Crippen LogP contribution in [0.3, 0.4) is 0 Å². The first kappa shape index (κ1) is 10.3. The van der Waals surface area contributed by atoms with Gasteiger partial charge in [0.1, 0.15) is 11.5 Å². The molecule has 0 amide bonds. The van der Waals surface area contributed by atoms with Gasteiger partial charge in [-0.1, -0.05) is 0 Å². The van der Waals surface area contributed by atoms with Gasteiger partial charge in [0.05, 0.1) is 11.6 Å². The van der Waals surface area contributed by atoms with E-state index in [-0.39, 0.29) is 0 Å². The average molecular weight is 230 g/mol. The molecule has 2 aromatic rings. The van der Waals surface area contributed by atoms with Crippen molar-refractivity contribution in [2.45, 2.75) is 13.0 Å². The van der Waals surface area contributed by atoms with E-state index in [4.69, 9.17) is 4.42 Å². The smallest absolute Gasteiger partial charge is 0.222 e. The number of hydrogen-bond acceptors (Lipinski definition) is 5. The van der Waals surface area contributed by atoms with Gasteiger partial charge in [-0.2, -0.15) is 0 Å². The highest BCUT2D eigenvalue weighted by Crippen LogP contribution is 2.20. The Morgan fingerprint density at radius 1 is 1.29 bits per heavy atom. The van der Waals surface area contributed by atoms with Crippen molar-refractivity contribution in [3.05, 3.63) is 30.3 Å². The third-order valence-electron chi connectivity index (χ3n) is 2.79. The molecule has 0 bridgehead atoms. The Kier molecular flexibility index (Phi) is 2.53. The van der Waals surface area contributed by atoms with Gasteiger partial charge in [-0.25, -0.2) is 9.97 Å². The van der Waals surface area contributed by atoms with Gasteiger partial charge in [0.2, 0.25) is 5.95 Å². The molecule has 1 fully saturated rings. The lowest BCUT2D eigenvalue weighted by atomic mass is 10.2. The van der Waals surface area contributed by atoms with E-state index in [1.807, 2.05) is 19.1 Å². The largest absolute Gasteiger partial charge is 0.461 e. The average Bonchev–Trinajstić information content (AvgIpc) is 2.71. The fourth-order valence-electron chi connectivity index (χ4n) is 1.69. The van der Waals surface area contributed by atoms with E-state index in [0.29, 0.717) is 12.0 Å². The molecule has 0 radical (unpaired) electrons. The summed E-state index contributed by atoms with van der Waals surface area (Å²) >= 11 is 0. The van der Waals surface area contributed by atoms with Crippen molar-refractivity contribution in [3.63, 3.8) is 0 Å². The fourth-order valence-corrected chi connectivity index (χ4v) is 1.69. The van der Waals surface area contributed by atoms with Crippen LogP contribution in [0.2, 0.25) is 0 Å². The van der Waals surface area contributed by atoms with Gasteiger partial charge in [-0.05, 0) is 19.1 Å². The summed E-state index contributed by atoms with van der Waals surface area (Å²) in [7, 11) is 0. The maximum absolute atomic E-state index is 5.51. The second-order valence-corrected chi connectivity index (χ2v) is 4.21. The van der Waals surface area contributed by atoms with Crippen molar-refractivity contribution in [3.8, 4) is 11.3 Å². The molecule has 0 atom stereocenters. The molecule has 0 saturated carbocycles. The van der Waals surface area contributed by atoms with Crippen LogP contribution in [0.25, 0.3) is 11.3 Å². The normalized spacial score (nSPS) is 15.6. The third-order valence-corrected chi connectivity index (χ3v) is 2.79. The molecule has 0 aliphatic carbocycles. The zero-order valence-corrected chi connectivity index (χ0v) is 9.60. The zero-order valence-electron chi connectivity index (χ0n) is 9.60. The molecule has 17 heavy (non-hydrogen) atoms. The topological polar surface area (TPSA) is 63.0 Å². The first-order valence-electron chi connectivity index (χ1n) is 5.67. The van der Waals surface area contributed by atoms with Crippen LogP contribution in [0.5, 0.6) is 0 Å². The summed E-state index contributed by atoms with van der Waals surface area (Å²) in [6.07, 6.45) is 3.55. The summed E-state index contributed by atoms with van der Waals surface area (Å²) in [5.74, 6) is 2.37. The minimum Gasteiger partial charge on any atom is -0.461 e. The van der Waals surface area contributed by atoms with Crippen molar-refractivity contribution in [2.24, 2.45) is 0 Å². The first-order chi connectivity index (χ1) is 8.31. The molecule has 2 aromatic heterocycles. The van der Waals surface area contributed by atoms with Gasteiger partial charge < -0.3 is 15.1 Å². The molecule has 0 unspecified atom stereocenters. The standard InChI is InChI=1S/C12H14N4O/c1-8-2-3-11(17-8)9-4-14-12(15-5-9)16-10-6-13-7-10/h2-5,10,13H,6-7H2,1H3,(H,14,15,16). The van der Waals surface area contributed by atoms with Crippen LogP contribution >= 0.6 is 0 Å². The molecule has 3 rings (SSSR count). The molecule has 1 aliphatic rings. The molecule has 5 heteroatoms. The lowest BCUT2D eigenvalue weighted by Crippen LogP contribution is -2.51. The molecule has 2 N–H and O–H groups in total. The van der Waals surface area contributed by atoms with Crippen LogP contribution < -0.4 is 10.6 Å². The van der Waals surface area contributed by atoms with E-state index in [2.05, 4.69) is 20.6 Å². The van der Waals surface area contributed by atoms with Crippen LogP contribution in [0.4, 0.5) is 5.95 Å². The van der Waals surface area contributed by atoms with Crippen LogP contribution in [-0.4, -0.2) is 29.1 Å². The SMILES string of the molecule is Cc1ccc(-c2cnc(NC3CNC3)nc2)o1. The van der Waals surface area contributed by atoms with Gasteiger partial charge in [-0.3, -0.25) is 0 Å². The molecule has 5 nitrogen and oxygen atoms in total. The van der Waals surface area contributed by atoms with E-state index in [0.717, 1.165) is 30.2 Å². The summed E-state index contributed by atoms with van der Waals surface area (Å²) in [5.41, 5.74) is 0.899. The maximum Gasteiger partial charge on any atom is 0.222 e. The second kappa shape index (κ2) is 4.18. The molecular formula is C12H14N4O. The number of furan rings is 1. The van der Waals surface area contributed by atoms with Crippen LogP contribution in [-0.2, 0) is 0 Å². The zero-order chi connectivity index (χ0) is 11.7. The van der Waals surface area contributed by atoms with Crippen molar-refractivity contribution in [2.75, 3.05) is 18.4 Å². The van der Waals surface area contributed by atoms with Gasteiger partial charge in [0, 0.05) is 25.5 Å². The van der Waals surface area contributed by atoms with Crippen LogP contribution in [0, 0.1) is 6.92 Å². The van der Waals surface area contributed by atoms with Crippen molar-refractivity contribution in [1.29, 1.82) is 0 Å². The van der Waals surface area contributed by atoms with Gasteiger partial charge >= 0.3 is 0 Å². The Morgan fingerprint density at radius 3 is 2.59 bits per heavy atom.